The Morgan fingerprint density at radius 2 is 2.12 bits per heavy atom. The predicted molar refractivity (Wildman–Crippen MR) is 63.4 cm³/mol. The normalized spacial score (nSPS) is 25.4. The lowest BCUT2D eigenvalue weighted by atomic mass is 10.2. The third kappa shape index (κ3) is 1.35. The molecule has 2 atom stereocenters. The quantitative estimate of drug-likeness (QED) is 0.795. The summed E-state index contributed by atoms with van der Waals surface area (Å²) >= 11 is 0. The van der Waals surface area contributed by atoms with Gasteiger partial charge in [0.2, 0.25) is 0 Å². The lowest BCUT2D eigenvalue weighted by Gasteiger charge is -2.18. The third-order valence-electron chi connectivity index (χ3n) is 3.55. The van der Waals surface area contributed by atoms with Gasteiger partial charge in [0.05, 0.1) is 23.2 Å². The largest absolute Gasteiger partial charge is 0.391 e. The number of hydrogen-bond acceptors (Lipinski definition) is 2. The number of aryl methyl sites for hydroxylation is 1. The lowest BCUT2D eigenvalue weighted by Crippen LogP contribution is -2.19. The average Bonchev–Trinajstić information content (AvgIpc) is 2.81. The Morgan fingerprint density at radius 3 is 2.88 bits per heavy atom. The SMILES string of the molecule is Cc1nc2ccccc2n1C1CCC[C@H]1O. The van der Waals surface area contributed by atoms with Crippen LogP contribution in [0.1, 0.15) is 31.1 Å². The van der Waals surface area contributed by atoms with E-state index < -0.39 is 0 Å². The summed E-state index contributed by atoms with van der Waals surface area (Å²) in [4.78, 5) is 4.54. The number of hydrogen-bond donors (Lipinski definition) is 1. The van der Waals surface area contributed by atoms with Crippen molar-refractivity contribution in [3.8, 4) is 0 Å². The molecule has 2 aromatic rings. The molecule has 1 aliphatic rings. The van der Waals surface area contributed by atoms with Crippen molar-refractivity contribution in [1.82, 2.24) is 9.55 Å². The number of imidazole rings is 1. The van der Waals surface area contributed by atoms with Crippen LogP contribution in [0.25, 0.3) is 11.0 Å². The summed E-state index contributed by atoms with van der Waals surface area (Å²) in [6.45, 7) is 2.02. The molecule has 1 unspecified atom stereocenters. The van der Waals surface area contributed by atoms with Crippen LogP contribution in [-0.4, -0.2) is 20.8 Å². The first-order valence-corrected chi connectivity index (χ1v) is 5.89. The van der Waals surface area contributed by atoms with E-state index in [9.17, 15) is 5.11 Å². The van der Waals surface area contributed by atoms with Gasteiger partial charge in [0, 0.05) is 0 Å². The number of para-hydroxylation sites is 2. The van der Waals surface area contributed by atoms with Crippen molar-refractivity contribution in [1.29, 1.82) is 0 Å². The van der Waals surface area contributed by atoms with Crippen LogP contribution in [-0.2, 0) is 0 Å². The zero-order valence-electron chi connectivity index (χ0n) is 9.43. The molecule has 1 aromatic carbocycles. The molecule has 3 heteroatoms. The zero-order valence-corrected chi connectivity index (χ0v) is 9.43. The summed E-state index contributed by atoms with van der Waals surface area (Å²) in [5.41, 5.74) is 2.17. The van der Waals surface area contributed by atoms with Gasteiger partial charge in [-0.25, -0.2) is 4.98 Å². The van der Waals surface area contributed by atoms with Gasteiger partial charge in [-0.2, -0.15) is 0 Å². The Morgan fingerprint density at radius 1 is 1.31 bits per heavy atom. The van der Waals surface area contributed by atoms with Crippen LogP contribution in [0.5, 0.6) is 0 Å². The summed E-state index contributed by atoms with van der Waals surface area (Å²) in [5, 5.41) is 10.00. The van der Waals surface area contributed by atoms with E-state index in [0.717, 1.165) is 36.1 Å². The van der Waals surface area contributed by atoms with Gasteiger partial charge >= 0.3 is 0 Å². The maximum atomic E-state index is 10.00. The van der Waals surface area contributed by atoms with Crippen molar-refractivity contribution in [2.24, 2.45) is 0 Å². The molecule has 1 saturated carbocycles. The van der Waals surface area contributed by atoms with Crippen LogP contribution < -0.4 is 0 Å². The molecule has 1 heterocycles. The molecule has 0 amide bonds. The summed E-state index contributed by atoms with van der Waals surface area (Å²) in [5.74, 6) is 1.01. The number of rotatable bonds is 1. The minimum Gasteiger partial charge on any atom is -0.391 e. The summed E-state index contributed by atoms with van der Waals surface area (Å²) in [6, 6.07) is 8.36. The first-order valence-electron chi connectivity index (χ1n) is 5.89. The highest BCUT2D eigenvalue weighted by Crippen LogP contribution is 2.33. The lowest BCUT2D eigenvalue weighted by molar-refractivity contribution is 0.137. The molecule has 0 radical (unpaired) electrons. The molecule has 0 bridgehead atoms. The molecule has 16 heavy (non-hydrogen) atoms. The minimum absolute atomic E-state index is 0.212. The molecule has 0 aliphatic heterocycles. The van der Waals surface area contributed by atoms with Gasteiger partial charge in [-0.3, -0.25) is 0 Å². The molecule has 84 valence electrons. The van der Waals surface area contributed by atoms with Crippen LogP contribution in [0.3, 0.4) is 0 Å². The zero-order chi connectivity index (χ0) is 11.1. The first kappa shape index (κ1) is 9.85. The van der Waals surface area contributed by atoms with Crippen molar-refractivity contribution in [2.75, 3.05) is 0 Å². The first-order chi connectivity index (χ1) is 7.77. The average molecular weight is 216 g/mol. The second kappa shape index (κ2) is 3.59. The van der Waals surface area contributed by atoms with Gasteiger partial charge in [0.1, 0.15) is 5.82 Å². The molecule has 1 aromatic heterocycles. The number of benzene rings is 1. The van der Waals surface area contributed by atoms with Crippen molar-refractivity contribution in [2.45, 2.75) is 38.3 Å². The number of fused-ring (bicyclic) bond motifs is 1. The van der Waals surface area contributed by atoms with Gasteiger partial charge in [-0.1, -0.05) is 12.1 Å². The van der Waals surface area contributed by atoms with E-state index >= 15 is 0 Å². The second-order valence-corrected chi connectivity index (χ2v) is 4.58. The highest BCUT2D eigenvalue weighted by atomic mass is 16.3. The molecule has 1 fully saturated rings. The Bertz CT molecular complexity index is 518. The van der Waals surface area contributed by atoms with E-state index in [2.05, 4.69) is 15.6 Å². The molecular weight excluding hydrogens is 200 g/mol. The molecule has 1 N–H and O–H groups in total. The van der Waals surface area contributed by atoms with Crippen molar-refractivity contribution in [3.63, 3.8) is 0 Å². The standard InChI is InChI=1S/C13H16N2O/c1-9-14-10-5-2-3-6-11(10)15(9)12-7-4-8-13(12)16/h2-3,5-6,12-13,16H,4,7-8H2,1H3/t12?,13-/m1/s1. The molecular formula is C13H16N2O. The van der Waals surface area contributed by atoms with Crippen LogP contribution in [0, 0.1) is 6.92 Å². The third-order valence-corrected chi connectivity index (χ3v) is 3.55. The highest BCUT2D eigenvalue weighted by Gasteiger charge is 2.28. The minimum atomic E-state index is -0.212. The predicted octanol–water partition coefficient (Wildman–Crippen LogP) is 2.43. The topological polar surface area (TPSA) is 38.0 Å². The maximum absolute atomic E-state index is 10.00. The molecule has 0 spiro atoms. The fraction of sp³-hybridized carbons (Fsp3) is 0.462. The molecule has 1 aliphatic carbocycles. The van der Waals surface area contributed by atoms with Crippen molar-refractivity contribution < 1.29 is 5.11 Å². The number of aliphatic hydroxyl groups is 1. The molecule has 3 rings (SSSR count). The maximum Gasteiger partial charge on any atom is 0.107 e. The highest BCUT2D eigenvalue weighted by molar-refractivity contribution is 5.76. The van der Waals surface area contributed by atoms with E-state index in [0.29, 0.717) is 0 Å². The fourth-order valence-corrected chi connectivity index (χ4v) is 2.81. The fourth-order valence-electron chi connectivity index (χ4n) is 2.81. The van der Waals surface area contributed by atoms with Crippen LogP contribution in [0.4, 0.5) is 0 Å². The Labute approximate surface area is 94.7 Å². The Balaban J connectivity index is 2.18. The van der Waals surface area contributed by atoms with Gasteiger partial charge in [0.25, 0.3) is 0 Å². The van der Waals surface area contributed by atoms with Crippen LogP contribution in [0.15, 0.2) is 24.3 Å². The summed E-state index contributed by atoms with van der Waals surface area (Å²) in [7, 11) is 0. The van der Waals surface area contributed by atoms with Crippen molar-refractivity contribution in [3.05, 3.63) is 30.1 Å². The van der Waals surface area contributed by atoms with Gasteiger partial charge in [-0.15, -0.1) is 0 Å². The van der Waals surface area contributed by atoms with E-state index in [1.807, 2.05) is 25.1 Å². The van der Waals surface area contributed by atoms with Crippen LogP contribution in [0.2, 0.25) is 0 Å². The number of aliphatic hydroxyl groups excluding tert-OH is 1. The van der Waals surface area contributed by atoms with E-state index in [-0.39, 0.29) is 12.1 Å². The van der Waals surface area contributed by atoms with E-state index in [1.165, 1.54) is 0 Å². The monoisotopic (exact) mass is 216 g/mol. The second-order valence-electron chi connectivity index (χ2n) is 4.58. The number of nitrogens with zero attached hydrogens (tertiary/aromatic N) is 2. The molecule has 0 saturated heterocycles. The number of aromatic nitrogens is 2. The smallest absolute Gasteiger partial charge is 0.107 e. The van der Waals surface area contributed by atoms with Crippen molar-refractivity contribution >= 4 is 11.0 Å². The van der Waals surface area contributed by atoms with Gasteiger partial charge in [0.15, 0.2) is 0 Å². The summed E-state index contributed by atoms with van der Waals surface area (Å²) < 4.78 is 2.20. The van der Waals surface area contributed by atoms with Crippen LogP contribution >= 0.6 is 0 Å². The van der Waals surface area contributed by atoms with Gasteiger partial charge < -0.3 is 9.67 Å². The van der Waals surface area contributed by atoms with Gasteiger partial charge in [-0.05, 0) is 38.3 Å². The summed E-state index contributed by atoms with van der Waals surface area (Å²) in [6.07, 6.45) is 2.87. The molecule has 3 nitrogen and oxygen atoms in total. The Hall–Kier alpha value is -1.35. The Kier molecular flexibility index (Phi) is 2.21. The van der Waals surface area contributed by atoms with E-state index in [4.69, 9.17) is 0 Å². The van der Waals surface area contributed by atoms with E-state index in [1.54, 1.807) is 0 Å².